The Morgan fingerprint density at radius 2 is 2.07 bits per heavy atom. The molecule has 0 aromatic carbocycles. The average molecular weight is 443 g/mol. The van der Waals surface area contributed by atoms with E-state index in [4.69, 9.17) is 0 Å². The van der Waals surface area contributed by atoms with Crippen LogP contribution >= 0.6 is 11.3 Å². The lowest BCUT2D eigenvalue weighted by molar-refractivity contribution is 0.150. The summed E-state index contributed by atoms with van der Waals surface area (Å²) in [5.41, 5.74) is 1.73. The molecule has 0 aliphatic heterocycles. The number of anilines is 1. The van der Waals surface area contributed by atoms with E-state index in [-0.39, 0.29) is 5.01 Å². The number of nitrogens with one attached hydrogen (secondary N) is 1. The highest BCUT2D eigenvalue weighted by molar-refractivity contribution is 7.83. The summed E-state index contributed by atoms with van der Waals surface area (Å²) in [6.45, 7) is 5.96. The van der Waals surface area contributed by atoms with E-state index in [1.807, 2.05) is 6.07 Å². The molecular weight excluding hydrogens is 418 g/mol. The van der Waals surface area contributed by atoms with Crippen LogP contribution in [0.25, 0.3) is 16.3 Å². The second-order valence-corrected chi connectivity index (χ2v) is 8.88. The highest BCUT2D eigenvalue weighted by Gasteiger charge is 2.21. The normalized spacial score (nSPS) is 12.8. The number of alkyl halides is 2. The fraction of sp³-hybridized carbons (Fsp3) is 0.500. The maximum atomic E-state index is 13.0. The number of unbranched alkanes of at least 4 members (excludes halogenated alkanes) is 1. The first-order valence-corrected chi connectivity index (χ1v) is 11.4. The highest BCUT2D eigenvalue weighted by Crippen LogP contribution is 2.32. The Bertz CT molecular complexity index is 990. The maximum absolute atomic E-state index is 13.0. The van der Waals surface area contributed by atoms with Gasteiger partial charge in [0.2, 0.25) is 0 Å². The van der Waals surface area contributed by atoms with Crippen molar-refractivity contribution in [2.45, 2.75) is 44.4 Å². The third-order valence-electron chi connectivity index (χ3n) is 4.43. The number of hydrogen-bond acceptors (Lipinski definition) is 6. The van der Waals surface area contributed by atoms with Crippen LogP contribution in [0.3, 0.4) is 0 Å². The number of pyridine rings is 1. The van der Waals surface area contributed by atoms with Gasteiger partial charge in [-0.2, -0.15) is 0 Å². The van der Waals surface area contributed by atoms with E-state index in [2.05, 4.69) is 38.7 Å². The molecule has 3 aromatic heterocycles. The smallest absolute Gasteiger partial charge is 0.291 e. The van der Waals surface area contributed by atoms with Gasteiger partial charge in [0.05, 0.1) is 22.3 Å². The van der Waals surface area contributed by atoms with Crippen molar-refractivity contribution < 1.29 is 13.0 Å². The van der Waals surface area contributed by atoms with Crippen LogP contribution < -0.4 is 9.62 Å². The van der Waals surface area contributed by atoms with Crippen LogP contribution in [-0.2, 0) is 11.0 Å². The predicted octanol–water partition coefficient (Wildman–Crippen LogP) is 4.05. The van der Waals surface area contributed by atoms with E-state index in [1.54, 1.807) is 23.8 Å². The zero-order chi connectivity index (χ0) is 21.0. The quantitative estimate of drug-likeness (QED) is 0.513. The van der Waals surface area contributed by atoms with Crippen molar-refractivity contribution in [1.82, 2.24) is 24.3 Å². The van der Waals surface area contributed by atoms with E-state index in [0.717, 1.165) is 54.9 Å². The van der Waals surface area contributed by atoms with Gasteiger partial charge in [0, 0.05) is 19.3 Å². The van der Waals surface area contributed by atoms with Gasteiger partial charge in [0.1, 0.15) is 11.0 Å². The number of hydrogen-bond donors (Lipinski definition) is 1. The molecule has 0 amide bonds. The lowest BCUT2D eigenvalue weighted by Crippen LogP contribution is -2.26. The van der Waals surface area contributed by atoms with Crippen molar-refractivity contribution in [3.63, 3.8) is 0 Å². The molecule has 29 heavy (non-hydrogen) atoms. The van der Waals surface area contributed by atoms with Gasteiger partial charge >= 0.3 is 0 Å². The van der Waals surface area contributed by atoms with Crippen molar-refractivity contribution in [3.05, 3.63) is 23.5 Å². The van der Waals surface area contributed by atoms with Gasteiger partial charge in [-0.1, -0.05) is 31.6 Å². The summed E-state index contributed by atoms with van der Waals surface area (Å²) in [5, 5.41) is 7.40. The van der Waals surface area contributed by atoms with Crippen molar-refractivity contribution in [2.24, 2.45) is 0 Å². The molecule has 0 aliphatic rings. The van der Waals surface area contributed by atoms with E-state index >= 15 is 0 Å². The van der Waals surface area contributed by atoms with Gasteiger partial charge in [0.25, 0.3) is 6.43 Å². The number of rotatable bonds is 10. The molecule has 158 valence electrons. The average Bonchev–Trinajstić information content (AvgIpc) is 3.36. The van der Waals surface area contributed by atoms with Crippen molar-refractivity contribution in [1.29, 1.82) is 0 Å². The van der Waals surface area contributed by atoms with Gasteiger partial charge in [-0.15, -0.1) is 10.2 Å². The van der Waals surface area contributed by atoms with Crippen molar-refractivity contribution in [3.8, 4) is 10.8 Å². The number of imidazole rings is 1. The zero-order valence-corrected chi connectivity index (χ0v) is 18.2. The number of fused-ring (bicyclic) bond motifs is 1. The van der Waals surface area contributed by atoms with Gasteiger partial charge in [-0.3, -0.25) is 4.40 Å². The summed E-state index contributed by atoms with van der Waals surface area (Å²) in [6, 6.07) is 1.91. The van der Waals surface area contributed by atoms with Crippen LogP contribution in [0.1, 0.15) is 44.5 Å². The number of aromatic nitrogens is 4. The van der Waals surface area contributed by atoms with Gasteiger partial charge in [-0.25, -0.2) is 22.7 Å². The molecule has 7 nitrogen and oxygen atoms in total. The van der Waals surface area contributed by atoms with E-state index in [1.165, 1.54) is 0 Å². The second kappa shape index (κ2) is 9.68. The van der Waals surface area contributed by atoms with Crippen LogP contribution in [0.15, 0.2) is 23.4 Å². The molecule has 0 radical (unpaired) electrons. The molecule has 11 heteroatoms. The van der Waals surface area contributed by atoms with Gasteiger partial charge < -0.3 is 4.90 Å². The fourth-order valence-electron chi connectivity index (χ4n) is 3.07. The van der Waals surface area contributed by atoms with Crippen LogP contribution in [-0.4, -0.2) is 43.9 Å². The summed E-state index contributed by atoms with van der Waals surface area (Å²) in [5.74, 6) is 0.410. The summed E-state index contributed by atoms with van der Waals surface area (Å²) >= 11 is 0.811. The minimum atomic E-state index is -2.68. The Hall–Kier alpha value is -1.98. The summed E-state index contributed by atoms with van der Waals surface area (Å²) in [6.07, 6.45) is 3.79. The number of halogens is 2. The molecule has 0 saturated carbocycles. The van der Waals surface area contributed by atoms with Gasteiger partial charge in [-0.05, 0) is 26.0 Å². The first-order chi connectivity index (χ1) is 14.0. The second-order valence-electron chi connectivity index (χ2n) is 6.46. The summed E-state index contributed by atoms with van der Waals surface area (Å²) in [4.78, 5) is 7.26. The summed E-state index contributed by atoms with van der Waals surface area (Å²) < 4.78 is 42.9. The van der Waals surface area contributed by atoms with Crippen LogP contribution in [0.4, 0.5) is 14.5 Å². The monoisotopic (exact) mass is 442 g/mol. The largest absolute Gasteiger partial charge is 0.370 e. The first kappa shape index (κ1) is 21.7. The molecule has 1 unspecified atom stereocenters. The van der Waals surface area contributed by atoms with Crippen LogP contribution in [0.2, 0.25) is 0 Å². The van der Waals surface area contributed by atoms with E-state index in [0.29, 0.717) is 15.7 Å². The third-order valence-corrected chi connectivity index (χ3v) is 6.38. The molecule has 3 rings (SSSR count). The minimum absolute atomic E-state index is 0.300. The standard InChI is InChI=1S/C18H24F2N6OS2/c1-4-6-8-25(7-5-2)13-9-12(29(27)21-3)11-26-14(13)10-22-16(26)18-24-23-17(28-18)15(19)20/h9-11,15,21H,4-8H2,1-3H3. The van der Waals surface area contributed by atoms with Crippen LogP contribution in [0.5, 0.6) is 0 Å². The molecule has 0 bridgehead atoms. The lowest BCUT2D eigenvalue weighted by Gasteiger charge is -2.25. The Kier molecular flexibility index (Phi) is 7.25. The van der Waals surface area contributed by atoms with E-state index in [9.17, 15) is 13.0 Å². The lowest BCUT2D eigenvalue weighted by atomic mass is 10.2. The molecule has 0 spiro atoms. The summed E-state index contributed by atoms with van der Waals surface area (Å²) in [7, 11) is 0.209. The maximum Gasteiger partial charge on any atom is 0.291 e. The highest BCUT2D eigenvalue weighted by atomic mass is 32.2. The van der Waals surface area contributed by atoms with Crippen molar-refractivity contribution in [2.75, 3.05) is 25.0 Å². The minimum Gasteiger partial charge on any atom is -0.370 e. The molecule has 1 atom stereocenters. The Morgan fingerprint density at radius 1 is 1.28 bits per heavy atom. The zero-order valence-electron chi connectivity index (χ0n) is 16.6. The first-order valence-electron chi connectivity index (χ1n) is 9.47. The Morgan fingerprint density at radius 3 is 2.69 bits per heavy atom. The predicted molar refractivity (Wildman–Crippen MR) is 112 cm³/mol. The SMILES string of the molecule is CCCCN(CCC)c1cc(S(=O)NC)cn2c(-c3nnc(C(F)F)s3)ncc12. The molecule has 0 saturated heterocycles. The molecule has 3 aromatic rings. The molecule has 3 heterocycles. The number of nitrogens with zero attached hydrogens (tertiary/aromatic N) is 5. The van der Waals surface area contributed by atoms with Crippen LogP contribution in [0, 0.1) is 0 Å². The molecule has 0 aliphatic carbocycles. The van der Waals surface area contributed by atoms with Crippen molar-refractivity contribution >= 4 is 33.5 Å². The molecular formula is C18H24F2N6OS2. The third kappa shape index (κ3) is 4.62. The molecule has 0 fully saturated rings. The topological polar surface area (TPSA) is 75.4 Å². The van der Waals surface area contributed by atoms with E-state index < -0.39 is 17.4 Å². The molecule has 1 N–H and O–H groups in total. The Labute approximate surface area is 174 Å². The van der Waals surface area contributed by atoms with Gasteiger partial charge in [0.15, 0.2) is 15.8 Å². The fourth-order valence-corrected chi connectivity index (χ4v) is 4.42. The Balaban J connectivity index is 2.17.